The lowest BCUT2D eigenvalue weighted by atomic mass is 10.1. The molecule has 2 saturated heterocycles. The minimum atomic E-state index is 0.303. The van der Waals surface area contributed by atoms with Crippen molar-refractivity contribution in [1.29, 1.82) is 0 Å². The molecule has 1 aromatic carbocycles. The predicted molar refractivity (Wildman–Crippen MR) is 126 cm³/mol. The predicted octanol–water partition coefficient (Wildman–Crippen LogP) is 3.03. The number of aromatic nitrogens is 5. The second kappa shape index (κ2) is 8.49. The summed E-state index contributed by atoms with van der Waals surface area (Å²) in [5.74, 6) is 0.454. The fourth-order valence-corrected chi connectivity index (χ4v) is 4.90. The van der Waals surface area contributed by atoms with Gasteiger partial charge in [0, 0.05) is 49.3 Å². The van der Waals surface area contributed by atoms with E-state index in [2.05, 4.69) is 55.1 Å². The fourth-order valence-electron chi connectivity index (χ4n) is 4.90. The number of nitrogens with zero attached hydrogens (tertiary/aromatic N) is 6. The first-order chi connectivity index (χ1) is 16.3. The summed E-state index contributed by atoms with van der Waals surface area (Å²) in [6.45, 7) is 4.80. The van der Waals surface area contributed by atoms with Gasteiger partial charge in [0.1, 0.15) is 11.8 Å². The number of anilines is 2. The molecule has 6 rings (SSSR count). The molecule has 3 aromatic heterocycles. The molecular weight excluding hydrogens is 418 g/mol. The summed E-state index contributed by atoms with van der Waals surface area (Å²) in [5.41, 5.74) is 12.4. The van der Waals surface area contributed by atoms with Crippen LogP contribution in [0.1, 0.15) is 18.9 Å². The molecule has 2 aliphatic heterocycles. The van der Waals surface area contributed by atoms with Gasteiger partial charge in [-0.05, 0) is 37.1 Å². The lowest BCUT2D eigenvalue weighted by Crippen LogP contribution is -2.36. The molecule has 0 aliphatic carbocycles. The van der Waals surface area contributed by atoms with E-state index in [1.165, 1.54) is 12.0 Å². The number of nitrogen functional groups attached to an aromatic ring is 1. The second-order valence-electron chi connectivity index (χ2n) is 8.50. The van der Waals surface area contributed by atoms with E-state index in [1.54, 1.807) is 0 Å². The van der Waals surface area contributed by atoms with Crippen LogP contribution in [0.4, 0.5) is 11.5 Å². The van der Waals surface area contributed by atoms with Gasteiger partial charge in [0.15, 0.2) is 5.82 Å². The number of hydrogen-bond donors (Lipinski definition) is 1. The Labute approximate surface area is 191 Å². The molecule has 33 heavy (non-hydrogen) atoms. The van der Waals surface area contributed by atoms with Gasteiger partial charge in [-0.1, -0.05) is 12.1 Å². The Hall–Kier alpha value is -3.43. The SMILES string of the molecule is Nc1ncnn2c(-c3cccc(N4CCOCC4)c3)cc(-c3ccnn3C3CCOCC3)c12. The smallest absolute Gasteiger partial charge is 0.152 e. The zero-order valence-electron chi connectivity index (χ0n) is 18.4. The number of rotatable bonds is 4. The normalized spacial score (nSPS) is 17.6. The molecule has 2 fully saturated rings. The first-order valence-electron chi connectivity index (χ1n) is 11.5. The quantitative estimate of drug-likeness (QED) is 0.516. The molecule has 0 bridgehead atoms. The third-order valence-corrected chi connectivity index (χ3v) is 6.58. The highest BCUT2D eigenvalue weighted by molar-refractivity contribution is 5.91. The van der Waals surface area contributed by atoms with Crippen molar-refractivity contribution in [3.63, 3.8) is 0 Å². The summed E-state index contributed by atoms with van der Waals surface area (Å²) in [6, 6.07) is 13.1. The lowest BCUT2D eigenvalue weighted by Gasteiger charge is -2.29. The van der Waals surface area contributed by atoms with Crippen molar-refractivity contribution in [3.05, 3.63) is 48.9 Å². The maximum atomic E-state index is 6.39. The summed E-state index contributed by atoms with van der Waals surface area (Å²) in [6.07, 6.45) is 5.26. The monoisotopic (exact) mass is 445 g/mol. The van der Waals surface area contributed by atoms with E-state index in [-0.39, 0.29) is 0 Å². The number of fused-ring (bicyclic) bond motifs is 1. The van der Waals surface area contributed by atoms with Crippen LogP contribution in [-0.2, 0) is 9.47 Å². The molecule has 0 spiro atoms. The fraction of sp³-hybridized carbons (Fsp3) is 0.375. The van der Waals surface area contributed by atoms with Crippen LogP contribution in [0.2, 0.25) is 0 Å². The Morgan fingerprint density at radius 2 is 1.73 bits per heavy atom. The van der Waals surface area contributed by atoms with Gasteiger partial charge in [-0.2, -0.15) is 10.2 Å². The van der Waals surface area contributed by atoms with E-state index in [0.717, 1.165) is 80.4 Å². The van der Waals surface area contributed by atoms with Crippen molar-refractivity contribution in [3.8, 4) is 22.5 Å². The Morgan fingerprint density at radius 3 is 2.58 bits per heavy atom. The molecule has 9 nitrogen and oxygen atoms in total. The largest absolute Gasteiger partial charge is 0.382 e. The van der Waals surface area contributed by atoms with Crippen LogP contribution >= 0.6 is 0 Å². The highest BCUT2D eigenvalue weighted by Gasteiger charge is 2.24. The van der Waals surface area contributed by atoms with Crippen molar-refractivity contribution >= 4 is 17.0 Å². The Bertz CT molecular complexity index is 1270. The third-order valence-electron chi connectivity index (χ3n) is 6.58. The minimum absolute atomic E-state index is 0.303. The van der Waals surface area contributed by atoms with E-state index in [1.807, 2.05) is 16.8 Å². The second-order valence-corrected chi connectivity index (χ2v) is 8.50. The Kier molecular flexibility index (Phi) is 5.20. The highest BCUT2D eigenvalue weighted by Crippen LogP contribution is 2.37. The van der Waals surface area contributed by atoms with Crippen LogP contribution < -0.4 is 10.6 Å². The number of ether oxygens (including phenoxy) is 2. The summed E-state index contributed by atoms with van der Waals surface area (Å²) >= 11 is 0. The molecule has 0 atom stereocenters. The number of nitrogens with two attached hydrogens (primary N) is 1. The van der Waals surface area contributed by atoms with E-state index in [9.17, 15) is 0 Å². The van der Waals surface area contributed by atoms with Crippen molar-refractivity contribution < 1.29 is 9.47 Å². The average molecular weight is 446 g/mol. The van der Waals surface area contributed by atoms with Crippen LogP contribution in [0.3, 0.4) is 0 Å². The van der Waals surface area contributed by atoms with Gasteiger partial charge in [0.05, 0.1) is 30.6 Å². The maximum Gasteiger partial charge on any atom is 0.152 e. The maximum absolute atomic E-state index is 6.39. The van der Waals surface area contributed by atoms with Crippen LogP contribution in [0.15, 0.2) is 48.9 Å². The number of hydrogen-bond acceptors (Lipinski definition) is 7. The molecule has 5 heterocycles. The van der Waals surface area contributed by atoms with Gasteiger partial charge in [-0.3, -0.25) is 4.68 Å². The zero-order valence-corrected chi connectivity index (χ0v) is 18.4. The zero-order chi connectivity index (χ0) is 22.2. The number of morpholine rings is 1. The van der Waals surface area contributed by atoms with Crippen molar-refractivity contribution in [2.24, 2.45) is 0 Å². The van der Waals surface area contributed by atoms with Crippen molar-refractivity contribution in [1.82, 2.24) is 24.4 Å². The summed E-state index contributed by atoms with van der Waals surface area (Å²) in [5, 5.41) is 9.24. The van der Waals surface area contributed by atoms with Gasteiger partial charge < -0.3 is 20.1 Å². The van der Waals surface area contributed by atoms with E-state index < -0.39 is 0 Å². The van der Waals surface area contributed by atoms with Crippen molar-refractivity contribution in [2.75, 3.05) is 50.2 Å². The van der Waals surface area contributed by atoms with Gasteiger partial charge in [-0.25, -0.2) is 9.50 Å². The summed E-state index contributed by atoms with van der Waals surface area (Å²) in [4.78, 5) is 6.65. The molecule has 4 aromatic rings. The molecule has 0 amide bonds. The molecule has 0 radical (unpaired) electrons. The van der Waals surface area contributed by atoms with Crippen LogP contribution in [0, 0.1) is 0 Å². The molecular formula is C24H27N7O2. The molecule has 9 heteroatoms. The Balaban J connectivity index is 1.47. The van der Waals surface area contributed by atoms with Gasteiger partial charge in [0.25, 0.3) is 0 Å². The lowest BCUT2D eigenvalue weighted by molar-refractivity contribution is 0.0667. The van der Waals surface area contributed by atoms with E-state index in [0.29, 0.717) is 11.9 Å². The molecule has 170 valence electrons. The van der Waals surface area contributed by atoms with E-state index in [4.69, 9.17) is 15.2 Å². The van der Waals surface area contributed by atoms with Gasteiger partial charge in [-0.15, -0.1) is 0 Å². The first kappa shape index (κ1) is 20.2. The molecule has 0 unspecified atom stereocenters. The molecule has 2 aliphatic rings. The summed E-state index contributed by atoms with van der Waals surface area (Å²) < 4.78 is 15.1. The van der Waals surface area contributed by atoms with Gasteiger partial charge >= 0.3 is 0 Å². The van der Waals surface area contributed by atoms with Crippen LogP contribution in [-0.4, -0.2) is 63.9 Å². The summed E-state index contributed by atoms with van der Waals surface area (Å²) in [7, 11) is 0. The van der Waals surface area contributed by atoms with E-state index >= 15 is 0 Å². The average Bonchev–Trinajstić information content (AvgIpc) is 3.51. The standard InChI is InChI=1S/C24H27N7O2/c25-24-23-20(21-4-7-27-30(21)18-5-10-32-11-6-18)15-22(31(23)28-16-26-24)17-2-1-3-19(14-17)29-8-12-33-13-9-29/h1-4,7,14-16,18H,5-6,8-13H2,(H2,25,26,28). The topological polar surface area (TPSA) is 95.7 Å². The highest BCUT2D eigenvalue weighted by atomic mass is 16.5. The Morgan fingerprint density at radius 1 is 0.909 bits per heavy atom. The molecule has 0 saturated carbocycles. The molecule has 2 N–H and O–H groups in total. The first-order valence-corrected chi connectivity index (χ1v) is 11.5. The minimum Gasteiger partial charge on any atom is -0.382 e. The number of benzene rings is 1. The van der Waals surface area contributed by atoms with Crippen LogP contribution in [0.25, 0.3) is 28.0 Å². The van der Waals surface area contributed by atoms with Crippen molar-refractivity contribution in [2.45, 2.75) is 18.9 Å². The van der Waals surface area contributed by atoms with Gasteiger partial charge in [0.2, 0.25) is 0 Å². The van der Waals surface area contributed by atoms with Crippen LogP contribution in [0.5, 0.6) is 0 Å². The third kappa shape index (κ3) is 3.63.